The van der Waals surface area contributed by atoms with Crippen molar-refractivity contribution < 1.29 is 108 Å². The van der Waals surface area contributed by atoms with E-state index in [0.717, 1.165) is 12.8 Å². The molecule has 0 bridgehead atoms. The predicted octanol–water partition coefficient (Wildman–Crippen LogP) is 1.04. The van der Waals surface area contributed by atoms with Crippen LogP contribution in [0.25, 0.3) is 0 Å². The first kappa shape index (κ1) is 42.1. The molecular weight excluding hydrogens is 478 g/mol. The van der Waals surface area contributed by atoms with E-state index in [1.165, 1.54) is 109 Å². The molecule has 0 aromatic heterocycles. The molecule has 0 radical (unpaired) electrons. The fraction of sp³-hybridized carbons (Fsp3) is 0.958. The van der Waals surface area contributed by atoms with E-state index in [2.05, 4.69) is 13.8 Å². The number of carbonyl (C=O) groups is 1. The minimum Gasteiger partial charge on any atom is -0.759 e. The van der Waals surface area contributed by atoms with Crippen molar-refractivity contribution in [3.8, 4) is 0 Å². The van der Waals surface area contributed by atoms with Gasteiger partial charge in [0.05, 0.1) is 6.61 Å². The van der Waals surface area contributed by atoms with Crippen molar-refractivity contribution in [2.75, 3.05) is 6.61 Å². The molecule has 0 aliphatic rings. The van der Waals surface area contributed by atoms with E-state index in [0.29, 0.717) is 13.0 Å². The molecule has 188 valence electrons. The van der Waals surface area contributed by atoms with E-state index in [1.54, 1.807) is 0 Å². The van der Waals surface area contributed by atoms with Gasteiger partial charge in [0.2, 0.25) is 0 Å². The maximum atomic E-state index is 11.7. The summed E-state index contributed by atoms with van der Waals surface area (Å²) in [5, 5.41) is 0. The summed E-state index contributed by atoms with van der Waals surface area (Å²) in [5.74, 6) is 0.0154. The number of esters is 1. The smallest absolute Gasteiger partial charge is 0.759 e. The van der Waals surface area contributed by atoms with Crippen LogP contribution in [0.15, 0.2) is 0 Å². The van der Waals surface area contributed by atoms with E-state index in [1.807, 2.05) is 0 Å². The first-order chi connectivity index (χ1) is 14.8. The van der Waals surface area contributed by atoms with E-state index in [4.69, 9.17) is 22.3 Å². The van der Waals surface area contributed by atoms with Crippen molar-refractivity contribution in [3.63, 3.8) is 0 Å². The van der Waals surface area contributed by atoms with Crippen LogP contribution < -0.4 is 80.9 Å². The van der Waals surface area contributed by atoms with Gasteiger partial charge in [-0.3, -0.25) is 13.2 Å². The summed E-state index contributed by atoms with van der Waals surface area (Å²) in [6.07, 6.45) is 25.5. The second-order valence-corrected chi connectivity index (χ2v) is 9.21. The number of hydrogen-bond acceptors (Lipinski definition) is 6. The Balaban J connectivity index is -0.000000539. The number of ether oxygens (including phenoxy) is 1. The summed E-state index contributed by atoms with van der Waals surface area (Å²) >= 11 is 0. The standard InChI is InChI=1S/C24H48O2.K.Na.H2O4S/c1-3-5-7-9-11-12-13-14-15-16-17-18-20-22-24(25)26-23-21-19-10-8-6-4-2;;;1-5(2,3)4/h3-23H2,1-2H3;;;(H2,1,2,3,4)/q;2*+1;/p-2. The molecule has 0 saturated carbocycles. The van der Waals surface area contributed by atoms with Gasteiger partial charge in [0.25, 0.3) is 0 Å². The van der Waals surface area contributed by atoms with Gasteiger partial charge in [0.15, 0.2) is 0 Å². The predicted molar refractivity (Wildman–Crippen MR) is 125 cm³/mol. The van der Waals surface area contributed by atoms with Crippen LogP contribution in [0, 0.1) is 0 Å². The van der Waals surface area contributed by atoms with E-state index >= 15 is 0 Å². The molecule has 0 spiro atoms. The molecule has 0 saturated heterocycles. The molecule has 0 rings (SSSR count). The number of unbranched alkanes of at least 4 members (excludes halogenated alkanes) is 17. The van der Waals surface area contributed by atoms with Gasteiger partial charge in [-0.1, -0.05) is 123 Å². The van der Waals surface area contributed by atoms with E-state index < -0.39 is 10.4 Å². The number of rotatable bonds is 21. The largest absolute Gasteiger partial charge is 1.00 e. The van der Waals surface area contributed by atoms with Crippen LogP contribution in [0.1, 0.15) is 142 Å². The first-order valence-corrected chi connectivity index (χ1v) is 14.0. The molecule has 9 heteroatoms. The summed E-state index contributed by atoms with van der Waals surface area (Å²) in [7, 11) is -5.17. The third-order valence-electron chi connectivity index (χ3n) is 5.25. The Bertz CT molecular complexity index is 470. The van der Waals surface area contributed by atoms with Crippen LogP contribution in [-0.4, -0.2) is 30.1 Å². The van der Waals surface area contributed by atoms with Crippen molar-refractivity contribution in [1.82, 2.24) is 0 Å². The molecule has 0 amide bonds. The molecular formula is C24H48KNaO6S. The molecule has 0 aromatic carbocycles. The van der Waals surface area contributed by atoms with Gasteiger partial charge in [-0.15, -0.1) is 0 Å². The van der Waals surface area contributed by atoms with Gasteiger partial charge in [-0.25, -0.2) is 0 Å². The van der Waals surface area contributed by atoms with Crippen molar-refractivity contribution in [3.05, 3.63) is 0 Å². The van der Waals surface area contributed by atoms with E-state index in [9.17, 15) is 4.79 Å². The van der Waals surface area contributed by atoms with Crippen LogP contribution >= 0.6 is 0 Å². The van der Waals surface area contributed by atoms with Crippen LogP contribution in [0.3, 0.4) is 0 Å². The molecule has 6 nitrogen and oxygen atoms in total. The second kappa shape index (κ2) is 34.0. The zero-order valence-corrected chi connectivity index (χ0v) is 28.1. The van der Waals surface area contributed by atoms with Crippen LogP contribution in [0.5, 0.6) is 0 Å². The maximum absolute atomic E-state index is 11.7. The third kappa shape index (κ3) is 51.5. The summed E-state index contributed by atoms with van der Waals surface area (Å²) in [5.41, 5.74) is 0. The Hall–Kier alpha value is 1.98. The minimum atomic E-state index is -5.17. The Morgan fingerprint density at radius 3 is 1.21 bits per heavy atom. The molecule has 0 aliphatic heterocycles. The Morgan fingerprint density at radius 1 is 0.606 bits per heavy atom. The average molecular weight is 527 g/mol. The zero-order chi connectivity index (χ0) is 23.6. The molecule has 0 unspecified atom stereocenters. The monoisotopic (exact) mass is 526 g/mol. The van der Waals surface area contributed by atoms with Gasteiger partial charge in [0, 0.05) is 16.8 Å². The molecule has 0 fully saturated rings. The molecule has 33 heavy (non-hydrogen) atoms. The fourth-order valence-electron chi connectivity index (χ4n) is 3.43. The topological polar surface area (TPSA) is 107 Å². The van der Waals surface area contributed by atoms with Crippen LogP contribution in [0.2, 0.25) is 0 Å². The molecule has 0 heterocycles. The first-order valence-electron chi connectivity index (χ1n) is 12.6. The normalized spacial score (nSPS) is 10.4. The third-order valence-corrected chi connectivity index (χ3v) is 5.25. The van der Waals surface area contributed by atoms with Gasteiger partial charge >= 0.3 is 86.9 Å². The van der Waals surface area contributed by atoms with Crippen molar-refractivity contribution in [2.45, 2.75) is 142 Å². The Labute approximate surface area is 269 Å². The summed E-state index contributed by atoms with van der Waals surface area (Å²) in [4.78, 5) is 11.7. The molecule has 0 atom stereocenters. The summed E-state index contributed by atoms with van der Waals surface area (Å²) in [6.45, 7) is 5.14. The van der Waals surface area contributed by atoms with Crippen molar-refractivity contribution in [2.24, 2.45) is 0 Å². The quantitative estimate of drug-likeness (QED) is 0.0727. The van der Waals surface area contributed by atoms with Gasteiger partial charge in [-0.2, -0.15) is 0 Å². The Kier molecular flexibility index (Phi) is 43.3. The van der Waals surface area contributed by atoms with Crippen LogP contribution in [0.4, 0.5) is 0 Å². The van der Waals surface area contributed by atoms with Crippen molar-refractivity contribution >= 4 is 16.4 Å². The van der Waals surface area contributed by atoms with Crippen molar-refractivity contribution in [1.29, 1.82) is 0 Å². The van der Waals surface area contributed by atoms with Gasteiger partial charge < -0.3 is 13.8 Å². The van der Waals surface area contributed by atoms with Gasteiger partial charge in [0.1, 0.15) is 0 Å². The fourth-order valence-corrected chi connectivity index (χ4v) is 3.43. The molecule has 0 aromatic rings. The molecule has 0 N–H and O–H groups in total. The minimum absolute atomic E-state index is 0. The summed E-state index contributed by atoms with van der Waals surface area (Å²) in [6, 6.07) is 0. The Morgan fingerprint density at radius 2 is 0.879 bits per heavy atom. The van der Waals surface area contributed by atoms with Gasteiger partial charge in [-0.05, 0) is 12.8 Å². The molecule has 0 aliphatic carbocycles. The average Bonchev–Trinajstić information content (AvgIpc) is 2.69. The number of carbonyl (C=O) groups excluding carboxylic acids is 1. The SMILES string of the molecule is CCCCCCCCCCCCCCCC(=O)OCCCCCCCC.O=S(=O)([O-])[O-].[K+].[Na+]. The summed E-state index contributed by atoms with van der Waals surface area (Å²) < 4.78 is 39.4. The zero-order valence-electron chi connectivity index (χ0n) is 22.2. The van der Waals surface area contributed by atoms with Crippen LogP contribution in [-0.2, 0) is 19.9 Å². The number of hydrogen-bond donors (Lipinski definition) is 0. The second-order valence-electron chi connectivity index (χ2n) is 8.39. The van der Waals surface area contributed by atoms with E-state index in [-0.39, 0.29) is 86.9 Å². The maximum Gasteiger partial charge on any atom is 1.00 e.